The van der Waals surface area contributed by atoms with Crippen LogP contribution in [0, 0.1) is 0 Å². The molecule has 0 aromatic carbocycles. The summed E-state index contributed by atoms with van der Waals surface area (Å²) in [5.74, 6) is 0. The van der Waals surface area contributed by atoms with E-state index in [2.05, 4.69) is 4.98 Å². The molecular weight excluding hydrogens is 211 g/mol. The monoisotopic (exact) mass is 214 g/mol. The van der Waals surface area contributed by atoms with Crippen LogP contribution in [0.25, 0.3) is 5.52 Å². The molecule has 3 nitrogen and oxygen atoms in total. The molecular formula is C8H4Cl2N2O. The van der Waals surface area contributed by atoms with Gasteiger partial charge in [0.15, 0.2) is 6.29 Å². The number of carbonyl (C=O) groups is 1. The molecule has 0 radical (unpaired) electrons. The zero-order valence-electron chi connectivity index (χ0n) is 6.37. The van der Waals surface area contributed by atoms with Gasteiger partial charge < -0.3 is 4.40 Å². The van der Waals surface area contributed by atoms with Crippen LogP contribution < -0.4 is 0 Å². The molecule has 66 valence electrons. The van der Waals surface area contributed by atoms with Crippen LogP contribution in [0.3, 0.4) is 0 Å². The number of halogens is 2. The van der Waals surface area contributed by atoms with Crippen LogP contribution in [-0.2, 0) is 0 Å². The number of imidazole rings is 1. The molecule has 0 unspecified atom stereocenters. The van der Waals surface area contributed by atoms with Crippen molar-refractivity contribution in [2.24, 2.45) is 0 Å². The highest BCUT2D eigenvalue weighted by molar-refractivity contribution is 6.44. The maximum atomic E-state index is 10.6. The van der Waals surface area contributed by atoms with Crippen LogP contribution in [0.5, 0.6) is 0 Å². The molecule has 5 heteroatoms. The molecule has 0 fully saturated rings. The van der Waals surface area contributed by atoms with Gasteiger partial charge in [0.2, 0.25) is 0 Å². The lowest BCUT2D eigenvalue weighted by Gasteiger charge is -1.98. The van der Waals surface area contributed by atoms with E-state index in [4.69, 9.17) is 23.2 Å². The highest BCUT2D eigenvalue weighted by atomic mass is 35.5. The first kappa shape index (κ1) is 8.53. The Balaban J connectivity index is 2.93. The molecule has 2 aromatic heterocycles. The van der Waals surface area contributed by atoms with E-state index in [0.717, 1.165) is 0 Å². The third kappa shape index (κ3) is 1.20. The fourth-order valence-corrected chi connectivity index (χ4v) is 1.54. The van der Waals surface area contributed by atoms with E-state index in [1.54, 1.807) is 16.7 Å². The highest BCUT2D eigenvalue weighted by Crippen LogP contribution is 2.27. The lowest BCUT2D eigenvalue weighted by Crippen LogP contribution is -1.85. The first-order valence-corrected chi connectivity index (χ1v) is 4.25. The average molecular weight is 215 g/mol. The molecule has 0 spiro atoms. The fraction of sp³-hybridized carbons (Fsp3) is 0. The van der Waals surface area contributed by atoms with Gasteiger partial charge in [-0.3, -0.25) is 4.79 Å². The topological polar surface area (TPSA) is 34.4 Å². The van der Waals surface area contributed by atoms with E-state index in [0.29, 0.717) is 27.5 Å². The molecule has 0 aliphatic heterocycles. The summed E-state index contributed by atoms with van der Waals surface area (Å²) in [5, 5.41) is 0.765. The molecule has 0 bridgehead atoms. The summed E-state index contributed by atoms with van der Waals surface area (Å²) < 4.78 is 1.65. The average Bonchev–Trinajstić information content (AvgIpc) is 2.55. The van der Waals surface area contributed by atoms with Gasteiger partial charge in [-0.25, -0.2) is 4.98 Å². The van der Waals surface area contributed by atoms with Crippen molar-refractivity contribution >= 4 is 35.0 Å². The number of aldehydes is 1. The zero-order valence-corrected chi connectivity index (χ0v) is 7.88. The van der Waals surface area contributed by atoms with Gasteiger partial charge >= 0.3 is 0 Å². The molecule has 0 saturated carbocycles. The Hall–Kier alpha value is -1.06. The fourth-order valence-electron chi connectivity index (χ4n) is 1.13. The molecule has 0 atom stereocenters. The molecule has 0 N–H and O–H groups in total. The second-order valence-corrected chi connectivity index (χ2v) is 3.27. The SMILES string of the molecule is O=Cc1ncn2ccc(Cl)c(Cl)c12. The van der Waals surface area contributed by atoms with E-state index in [9.17, 15) is 4.79 Å². The van der Waals surface area contributed by atoms with Crippen LogP contribution in [0.4, 0.5) is 0 Å². The quantitative estimate of drug-likeness (QED) is 0.684. The van der Waals surface area contributed by atoms with Gasteiger partial charge in [-0.15, -0.1) is 0 Å². The van der Waals surface area contributed by atoms with Crippen molar-refractivity contribution in [2.75, 3.05) is 0 Å². The summed E-state index contributed by atoms with van der Waals surface area (Å²) in [7, 11) is 0. The van der Waals surface area contributed by atoms with Gasteiger partial charge in [0.25, 0.3) is 0 Å². The van der Waals surface area contributed by atoms with Gasteiger partial charge in [-0.2, -0.15) is 0 Å². The summed E-state index contributed by atoms with van der Waals surface area (Å²) in [4.78, 5) is 14.4. The number of carbonyl (C=O) groups excluding carboxylic acids is 1. The van der Waals surface area contributed by atoms with E-state index in [-0.39, 0.29) is 0 Å². The maximum Gasteiger partial charge on any atom is 0.170 e. The van der Waals surface area contributed by atoms with Crippen LogP contribution >= 0.6 is 23.2 Å². The Morgan fingerprint density at radius 1 is 1.46 bits per heavy atom. The van der Waals surface area contributed by atoms with Crippen LogP contribution in [0.2, 0.25) is 10.0 Å². The Kier molecular flexibility index (Phi) is 1.98. The van der Waals surface area contributed by atoms with Crippen LogP contribution in [0.1, 0.15) is 10.5 Å². The minimum Gasteiger partial charge on any atom is -0.304 e. The summed E-state index contributed by atoms with van der Waals surface area (Å²) >= 11 is 11.7. The first-order chi connectivity index (χ1) is 6.24. The van der Waals surface area contributed by atoms with E-state index in [1.165, 1.54) is 6.33 Å². The number of hydrogen-bond donors (Lipinski definition) is 0. The summed E-state index contributed by atoms with van der Waals surface area (Å²) in [6, 6.07) is 1.65. The van der Waals surface area contributed by atoms with Crippen molar-refractivity contribution in [1.29, 1.82) is 0 Å². The maximum absolute atomic E-state index is 10.6. The van der Waals surface area contributed by atoms with Gasteiger partial charge in [0.1, 0.15) is 12.0 Å². The molecule has 2 heterocycles. The molecule has 2 aromatic rings. The molecule has 0 saturated heterocycles. The highest BCUT2D eigenvalue weighted by Gasteiger charge is 2.09. The third-order valence-corrected chi connectivity index (χ3v) is 2.53. The Bertz CT molecular complexity index is 478. The number of fused-ring (bicyclic) bond motifs is 1. The van der Waals surface area contributed by atoms with Crippen LogP contribution in [-0.4, -0.2) is 15.7 Å². The molecule has 2 rings (SSSR count). The lowest BCUT2D eigenvalue weighted by molar-refractivity contribution is 0.112. The molecule has 0 aliphatic carbocycles. The second kappa shape index (κ2) is 3.01. The Labute approximate surface area is 83.9 Å². The lowest BCUT2D eigenvalue weighted by atomic mass is 10.3. The number of aromatic nitrogens is 2. The molecule has 0 amide bonds. The van der Waals surface area contributed by atoms with Gasteiger partial charge in [-0.1, -0.05) is 23.2 Å². The van der Waals surface area contributed by atoms with Crippen molar-refractivity contribution in [2.45, 2.75) is 0 Å². The number of hydrogen-bond acceptors (Lipinski definition) is 2. The van der Waals surface area contributed by atoms with Crippen molar-refractivity contribution in [3.05, 3.63) is 34.3 Å². The molecule has 13 heavy (non-hydrogen) atoms. The minimum absolute atomic E-state index is 0.299. The molecule has 0 aliphatic rings. The van der Waals surface area contributed by atoms with Crippen LogP contribution in [0.15, 0.2) is 18.6 Å². The van der Waals surface area contributed by atoms with E-state index >= 15 is 0 Å². The second-order valence-electron chi connectivity index (χ2n) is 2.48. The summed E-state index contributed by atoms with van der Waals surface area (Å²) in [6.45, 7) is 0. The van der Waals surface area contributed by atoms with Gasteiger partial charge in [-0.05, 0) is 6.07 Å². The van der Waals surface area contributed by atoms with E-state index < -0.39 is 0 Å². The number of nitrogens with zero attached hydrogens (tertiary/aromatic N) is 2. The smallest absolute Gasteiger partial charge is 0.170 e. The number of rotatable bonds is 1. The zero-order chi connectivity index (χ0) is 9.42. The van der Waals surface area contributed by atoms with Crippen molar-refractivity contribution < 1.29 is 4.79 Å². The van der Waals surface area contributed by atoms with Crippen molar-refractivity contribution in [3.63, 3.8) is 0 Å². The largest absolute Gasteiger partial charge is 0.304 e. The van der Waals surface area contributed by atoms with Gasteiger partial charge in [0, 0.05) is 6.20 Å². The predicted molar refractivity (Wildman–Crippen MR) is 50.6 cm³/mol. The van der Waals surface area contributed by atoms with Gasteiger partial charge in [0.05, 0.1) is 15.6 Å². The predicted octanol–water partition coefficient (Wildman–Crippen LogP) is 2.45. The summed E-state index contributed by atoms with van der Waals surface area (Å²) in [5.41, 5.74) is 0.844. The Morgan fingerprint density at radius 2 is 2.23 bits per heavy atom. The Morgan fingerprint density at radius 3 is 2.92 bits per heavy atom. The first-order valence-electron chi connectivity index (χ1n) is 3.50. The van der Waals surface area contributed by atoms with Crippen molar-refractivity contribution in [3.8, 4) is 0 Å². The van der Waals surface area contributed by atoms with E-state index in [1.807, 2.05) is 0 Å². The van der Waals surface area contributed by atoms with Crippen molar-refractivity contribution in [1.82, 2.24) is 9.38 Å². The minimum atomic E-state index is 0.299. The standard InChI is InChI=1S/C8H4Cl2N2O/c9-5-1-2-12-4-11-6(3-13)8(12)7(5)10/h1-4H. The normalized spacial score (nSPS) is 10.6. The number of pyridine rings is 1. The summed E-state index contributed by atoms with van der Waals surface area (Å²) in [6.07, 6.45) is 3.86. The third-order valence-electron chi connectivity index (χ3n) is 1.73.